The third kappa shape index (κ3) is 11.6. The monoisotopic (exact) mass is 344 g/mol. The molecule has 0 bridgehead atoms. The number of allylic oxidation sites excluding steroid dienone is 5. The van der Waals surface area contributed by atoms with Gasteiger partial charge in [0.2, 0.25) is 0 Å². The van der Waals surface area contributed by atoms with Crippen LogP contribution in [0.2, 0.25) is 0 Å². The van der Waals surface area contributed by atoms with E-state index >= 15 is 0 Å². The minimum absolute atomic E-state index is 0.176. The van der Waals surface area contributed by atoms with Gasteiger partial charge in [-0.25, -0.2) is 0 Å². The second kappa shape index (κ2) is 17.3. The van der Waals surface area contributed by atoms with Gasteiger partial charge in [-0.3, -0.25) is 0 Å². The van der Waals surface area contributed by atoms with E-state index in [1.165, 1.54) is 22.3 Å². The van der Waals surface area contributed by atoms with Crippen molar-refractivity contribution in [3.8, 4) is 0 Å². The molecule has 0 heterocycles. The number of hydrogen-bond donors (Lipinski definition) is 0. The van der Waals surface area contributed by atoms with Crippen LogP contribution in [0, 0.1) is 0 Å². The van der Waals surface area contributed by atoms with Crippen LogP contribution in [0.15, 0.2) is 49.1 Å². The van der Waals surface area contributed by atoms with Gasteiger partial charge in [0.05, 0.1) is 0 Å². The Morgan fingerprint density at radius 3 is 1.84 bits per heavy atom. The molecule has 1 aromatic carbocycles. The van der Waals surface area contributed by atoms with Crippen molar-refractivity contribution in [2.24, 2.45) is 0 Å². The van der Waals surface area contributed by atoms with E-state index in [-0.39, 0.29) is 5.41 Å². The third-order valence-electron chi connectivity index (χ3n) is 3.24. The highest BCUT2D eigenvalue weighted by molar-refractivity contribution is 5.76. The quantitative estimate of drug-likeness (QED) is 0.479. The molecule has 0 unspecified atom stereocenters. The van der Waals surface area contributed by atoms with Gasteiger partial charge in [0.25, 0.3) is 0 Å². The topological polar surface area (TPSA) is 0 Å². The van der Waals surface area contributed by atoms with Crippen LogP contribution >= 0.6 is 0 Å². The van der Waals surface area contributed by atoms with E-state index in [1.807, 2.05) is 54.5 Å². The fourth-order valence-electron chi connectivity index (χ4n) is 2.05. The van der Waals surface area contributed by atoms with Crippen LogP contribution < -0.4 is 0 Å². The Morgan fingerprint density at radius 2 is 1.48 bits per heavy atom. The first-order chi connectivity index (χ1) is 11.9. The van der Waals surface area contributed by atoms with Crippen LogP contribution in [-0.4, -0.2) is 0 Å². The summed E-state index contributed by atoms with van der Waals surface area (Å²) in [5.41, 5.74) is 5.46. The minimum atomic E-state index is 0.176. The summed E-state index contributed by atoms with van der Waals surface area (Å²) < 4.78 is 0. The highest BCUT2D eigenvalue weighted by atomic mass is 14.2. The van der Waals surface area contributed by atoms with Crippen LogP contribution in [0.25, 0.3) is 5.57 Å². The molecule has 0 amide bonds. The van der Waals surface area contributed by atoms with Crippen LogP contribution in [0.4, 0.5) is 0 Å². The zero-order chi connectivity index (χ0) is 20.5. The molecule has 1 aromatic rings. The first-order valence-corrected chi connectivity index (χ1v) is 10.0. The Morgan fingerprint density at radius 1 is 0.960 bits per heavy atom. The summed E-state index contributed by atoms with van der Waals surface area (Å²) in [5.74, 6) is 0. The molecular formula is C25H44. The molecule has 0 fully saturated rings. The highest BCUT2D eigenvalue weighted by Crippen LogP contribution is 2.28. The fourth-order valence-corrected chi connectivity index (χ4v) is 2.05. The molecule has 144 valence electrons. The second-order valence-electron chi connectivity index (χ2n) is 5.88. The van der Waals surface area contributed by atoms with Crippen molar-refractivity contribution in [2.75, 3.05) is 0 Å². The lowest BCUT2D eigenvalue weighted by Crippen LogP contribution is -2.12. The van der Waals surface area contributed by atoms with E-state index in [9.17, 15) is 0 Å². The lowest BCUT2D eigenvalue weighted by Gasteiger charge is -2.21. The van der Waals surface area contributed by atoms with Crippen molar-refractivity contribution < 1.29 is 0 Å². The van der Waals surface area contributed by atoms with Crippen LogP contribution in [0.3, 0.4) is 0 Å². The van der Waals surface area contributed by atoms with Crippen molar-refractivity contribution in [3.05, 3.63) is 65.8 Å². The zero-order valence-corrected chi connectivity index (χ0v) is 19.0. The molecule has 0 nitrogen and oxygen atoms in total. The van der Waals surface area contributed by atoms with Gasteiger partial charge in [0.15, 0.2) is 0 Å². The van der Waals surface area contributed by atoms with Crippen molar-refractivity contribution >= 4 is 5.57 Å². The van der Waals surface area contributed by atoms with Crippen molar-refractivity contribution in [3.63, 3.8) is 0 Å². The lowest BCUT2D eigenvalue weighted by atomic mass is 9.83. The molecule has 0 N–H and O–H groups in total. The summed E-state index contributed by atoms with van der Waals surface area (Å²) in [7, 11) is 0. The Kier molecular flexibility index (Phi) is 19.5. The molecule has 0 atom stereocenters. The van der Waals surface area contributed by atoms with Gasteiger partial charge in [0.1, 0.15) is 0 Å². The molecule has 0 aliphatic carbocycles. The van der Waals surface area contributed by atoms with Crippen LogP contribution in [-0.2, 0) is 11.8 Å². The van der Waals surface area contributed by atoms with Gasteiger partial charge in [-0.1, -0.05) is 118 Å². The first kappa shape index (κ1) is 28.3. The molecule has 0 saturated heterocycles. The molecule has 0 spiro atoms. The second-order valence-corrected chi connectivity index (χ2v) is 5.88. The molecule has 0 aliphatic heterocycles. The number of benzene rings is 1. The molecular weight excluding hydrogens is 300 g/mol. The number of rotatable bonds is 4. The standard InChI is InChI=1S/C19H26.3C2H6/c1-7-10-16(11-8-2)17-12-15(9-3)13-18(14-17)19(4,5)6;3*1-2/h7-8,10-14H,1,9H2,2-6H3;3*1-2H3/b11-8-,16-10+;;;. The van der Waals surface area contributed by atoms with Crippen molar-refractivity contribution in [2.45, 2.75) is 88.0 Å². The maximum Gasteiger partial charge on any atom is -0.0132 e. The fraction of sp³-hybridized carbons (Fsp3) is 0.520. The van der Waals surface area contributed by atoms with E-state index < -0.39 is 0 Å². The zero-order valence-electron chi connectivity index (χ0n) is 19.0. The van der Waals surface area contributed by atoms with E-state index in [2.05, 4.69) is 70.7 Å². The maximum atomic E-state index is 3.81. The van der Waals surface area contributed by atoms with Crippen molar-refractivity contribution in [1.82, 2.24) is 0 Å². The molecule has 1 rings (SSSR count). The highest BCUT2D eigenvalue weighted by Gasteiger charge is 2.15. The number of hydrogen-bond acceptors (Lipinski definition) is 0. The molecule has 25 heavy (non-hydrogen) atoms. The largest absolute Gasteiger partial charge is 0.0990 e. The summed E-state index contributed by atoms with van der Waals surface area (Å²) in [6.45, 7) is 26.9. The molecule has 0 heteroatoms. The summed E-state index contributed by atoms with van der Waals surface area (Å²) in [6, 6.07) is 6.91. The van der Waals surface area contributed by atoms with Gasteiger partial charge in [-0.15, -0.1) is 0 Å². The summed E-state index contributed by atoms with van der Waals surface area (Å²) in [5, 5.41) is 0. The molecule has 0 saturated carbocycles. The Balaban J connectivity index is -0.000000725. The first-order valence-electron chi connectivity index (χ1n) is 10.0. The average molecular weight is 345 g/mol. The van der Waals surface area contributed by atoms with Gasteiger partial charge in [-0.05, 0) is 41.0 Å². The Hall–Kier alpha value is -1.56. The van der Waals surface area contributed by atoms with Crippen LogP contribution in [0.5, 0.6) is 0 Å². The summed E-state index contributed by atoms with van der Waals surface area (Å²) in [6.07, 6.45) is 9.20. The van der Waals surface area contributed by atoms with Crippen LogP contribution in [0.1, 0.15) is 92.9 Å². The SMILES string of the molecule is C=C/C=C(\C=C/C)c1cc(CC)cc(C(C)(C)C)c1.CC.CC.CC. The van der Waals surface area contributed by atoms with Gasteiger partial charge < -0.3 is 0 Å². The van der Waals surface area contributed by atoms with Gasteiger partial charge in [-0.2, -0.15) is 0 Å². The summed E-state index contributed by atoms with van der Waals surface area (Å²) >= 11 is 0. The Labute approximate surface area is 159 Å². The molecule has 0 aliphatic rings. The van der Waals surface area contributed by atoms with E-state index in [0.29, 0.717) is 0 Å². The normalized spacial score (nSPS) is 10.6. The van der Waals surface area contributed by atoms with E-state index in [0.717, 1.165) is 6.42 Å². The predicted molar refractivity (Wildman–Crippen MR) is 122 cm³/mol. The van der Waals surface area contributed by atoms with Gasteiger partial charge in [0, 0.05) is 0 Å². The number of aryl methyl sites for hydroxylation is 1. The lowest BCUT2D eigenvalue weighted by molar-refractivity contribution is 0.589. The van der Waals surface area contributed by atoms with E-state index in [4.69, 9.17) is 0 Å². The summed E-state index contributed by atoms with van der Waals surface area (Å²) in [4.78, 5) is 0. The van der Waals surface area contributed by atoms with Crippen molar-refractivity contribution in [1.29, 1.82) is 0 Å². The van der Waals surface area contributed by atoms with Gasteiger partial charge >= 0.3 is 0 Å². The smallest absolute Gasteiger partial charge is 0.0132 e. The Bertz CT molecular complexity index is 493. The average Bonchev–Trinajstić information content (AvgIpc) is 2.65. The van der Waals surface area contributed by atoms with E-state index in [1.54, 1.807) is 0 Å². The predicted octanol–water partition coefficient (Wildman–Crippen LogP) is 8.77. The molecule has 0 radical (unpaired) electrons. The minimum Gasteiger partial charge on any atom is -0.0990 e. The third-order valence-corrected chi connectivity index (χ3v) is 3.24. The maximum absolute atomic E-state index is 3.81. The molecule has 0 aromatic heterocycles.